The molecule has 1 fully saturated rings. The summed E-state index contributed by atoms with van der Waals surface area (Å²) in [6.45, 7) is 3.93. The van der Waals surface area contributed by atoms with Crippen molar-refractivity contribution in [1.29, 1.82) is 0 Å². The number of hydrogen-bond donors (Lipinski definition) is 1. The van der Waals surface area contributed by atoms with E-state index in [4.69, 9.17) is 0 Å². The first-order valence-electron chi connectivity index (χ1n) is 9.46. The molecule has 1 N–H and O–H groups in total. The average molecular weight is 374 g/mol. The predicted molar refractivity (Wildman–Crippen MR) is 108 cm³/mol. The monoisotopic (exact) mass is 374 g/mol. The van der Waals surface area contributed by atoms with Crippen LogP contribution in [0.15, 0.2) is 60.2 Å². The molecule has 2 aromatic rings. The number of nitrogens with zero attached hydrogens (tertiary/aromatic N) is 1. The minimum Gasteiger partial charge on any atom is -0.322 e. The fourth-order valence-electron chi connectivity index (χ4n) is 4.06. The number of allylic oxidation sites excluding steroid dienone is 2. The molecule has 0 radical (unpaired) electrons. The molecule has 28 heavy (non-hydrogen) atoms. The van der Waals surface area contributed by atoms with E-state index in [2.05, 4.69) is 5.32 Å². The molecule has 0 aromatic heterocycles. The van der Waals surface area contributed by atoms with Gasteiger partial charge in [-0.15, -0.1) is 0 Å². The maximum absolute atomic E-state index is 13.0. The molecule has 1 aliphatic heterocycles. The lowest BCUT2D eigenvalue weighted by molar-refractivity contribution is -0.122. The zero-order valence-electron chi connectivity index (χ0n) is 15.9. The second-order valence-corrected chi connectivity index (χ2v) is 7.56. The van der Waals surface area contributed by atoms with E-state index in [1.54, 1.807) is 24.3 Å². The lowest BCUT2D eigenvalue weighted by Crippen LogP contribution is -2.33. The van der Waals surface area contributed by atoms with E-state index in [0.717, 1.165) is 11.1 Å². The van der Waals surface area contributed by atoms with Gasteiger partial charge < -0.3 is 5.32 Å². The van der Waals surface area contributed by atoms with Gasteiger partial charge in [-0.25, -0.2) is 4.90 Å². The van der Waals surface area contributed by atoms with Crippen LogP contribution in [-0.2, 0) is 9.59 Å². The van der Waals surface area contributed by atoms with Crippen molar-refractivity contribution in [1.82, 2.24) is 0 Å². The van der Waals surface area contributed by atoms with Crippen molar-refractivity contribution in [2.45, 2.75) is 26.7 Å². The Kier molecular flexibility index (Phi) is 4.59. The van der Waals surface area contributed by atoms with Gasteiger partial charge in [-0.05, 0) is 56.5 Å². The lowest BCUT2D eigenvalue weighted by Gasteiger charge is -2.19. The predicted octanol–water partition coefficient (Wildman–Crippen LogP) is 4.09. The SMILES string of the molecule is CC1=CC[C@@H]2C(=O)N(c3ccccc3C(=O)Nc3cccc(C)c3)C(=O)[C@H]2C1. The van der Waals surface area contributed by atoms with Crippen LogP contribution in [0.5, 0.6) is 0 Å². The van der Waals surface area contributed by atoms with Gasteiger partial charge >= 0.3 is 0 Å². The number of hydrogen-bond acceptors (Lipinski definition) is 3. The highest BCUT2D eigenvalue weighted by molar-refractivity contribution is 6.25. The van der Waals surface area contributed by atoms with E-state index in [0.29, 0.717) is 29.8 Å². The molecule has 1 aliphatic carbocycles. The van der Waals surface area contributed by atoms with Gasteiger partial charge in [0.05, 0.1) is 23.1 Å². The molecule has 0 unspecified atom stereocenters. The summed E-state index contributed by atoms with van der Waals surface area (Å²) in [7, 11) is 0. The molecular weight excluding hydrogens is 352 g/mol. The third kappa shape index (κ3) is 3.13. The van der Waals surface area contributed by atoms with Gasteiger partial charge in [0.15, 0.2) is 0 Å². The number of nitrogens with one attached hydrogen (secondary N) is 1. The quantitative estimate of drug-likeness (QED) is 0.650. The van der Waals surface area contributed by atoms with Crippen LogP contribution in [0.3, 0.4) is 0 Å². The van der Waals surface area contributed by atoms with Crippen LogP contribution in [0.2, 0.25) is 0 Å². The molecule has 0 spiro atoms. The largest absolute Gasteiger partial charge is 0.322 e. The van der Waals surface area contributed by atoms with Crippen molar-refractivity contribution in [3.8, 4) is 0 Å². The molecule has 1 heterocycles. The second kappa shape index (κ2) is 7.08. The number of para-hydroxylation sites is 1. The fourth-order valence-corrected chi connectivity index (χ4v) is 4.06. The maximum atomic E-state index is 13.0. The van der Waals surface area contributed by atoms with Crippen molar-refractivity contribution in [2.75, 3.05) is 10.2 Å². The van der Waals surface area contributed by atoms with Crippen LogP contribution in [-0.4, -0.2) is 17.7 Å². The number of aryl methyl sites for hydroxylation is 1. The van der Waals surface area contributed by atoms with Crippen LogP contribution in [0.1, 0.15) is 35.7 Å². The second-order valence-electron chi connectivity index (χ2n) is 7.56. The molecule has 2 atom stereocenters. The van der Waals surface area contributed by atoms with Gasteiger partial charge in [0, 0.05) is 5.69 Å². The van der Waals surface area contributed by atoms with E-state index < -0.39 is 0 Å². The van der Waals surface area contributed by atoms with E-state index >= 15 is 0 Å². The number of imide groups is 1. The summed E-state index contributed by atoms with van der Waals surface area (Å²) in [6, 6.07) is 14.3. The molecule has 3 amide bonds. The smallest absolute Gasteiger partial charge is 0.257 e. The molecule has 2 aromatic carbocycles. The van der Waals surface area contributed by atoms with E-state index in [1.807, 2.05) is 44.2 Å². The molecule has 142 valence electrons. The molecule has 0 bridgehead atoms. The first-order valence-corrected chi connectivity index (χ1v) is 9.46. The van der Waals surface area contributed by atoms with Gasteiger partial charge in [-0.1, -0.05) is 35.9 Å². The van der Waals surface area contributed by atoms with Gasteiger partial charge in [-0.3, -0.25) is 14.4 Å². The summed E-state index contributed by atoms with van der Waals surface area (Å²) in [5, 5.41) is 2.86. The summed E-state index contributed by atoms with van der Waals surface area (Å²) >= 11 is 0. The molecule has 0 saturated carbocycles. The zero-order valence-corrected chi connectivity index (χ0v) is 15.9. The number of benzene rings is 2. The Labute approximate surface area is 164 Å². The first-order chi connectivity index (χ1) is 13.5. The van der Waals surface area contributed by atoms with Crippen molar-refractivity contribution in [2.24, 2.45) is 11.8 Å². The van der Waals surface area contributed by atoms with Crippen molar-refractivity contribution in [3.05, 3.63) is 71.3 Å². The summed E-state index contributed by atoms with van der Waals surface area (Å²) in [6.07, 6.45) is 3.21. The van der Waals surface area contributed by atoms with Crippen LogP contribution in [0.4, 0.5) is 11.4 Å². The number of anilines is 2. The molecule has 4 rings (SSSR count). The molecule has 1 saturated heterocycles. The zero-order chi connectivity index (χ0) is 19.8. The standard InChI is InChI=1S/C23H22N2O3/c1-14-6-5-7-16(12-14)24-21(26)18-8-3-4-9-20(18)25-22(27)17-11-10-15(2)13-19(17)23(25)28/h3-10,12,17,19H,11,13H2,1-2H3,(H,24,26)/t17-,19-/m0/s1. The van der Waals surface area contributed by atoms with Gasteiger partial charge in [0.1, 0.15) is 0 Å². The first kappa shape index (κ1) is 18.2. The average Bonchev–Trinajstić information content (AvgIpc) is 2.91. The van der Waals surface area contributed by atoms with Crippen molar-refractivity contribution >= 4 is 29.1 Å². The number of fused-ring (bicyclic) bond motifs is 1. The Hall–Kier alpha value is -3.21. The summed E-state index contributed by atoms with van der Waals surface area (Å²) in [5.74, 6) is -1.42. The van der Waals surface area contributed by atoms with Crippen LogP contribution in [0.25, 0.3) is 0 Å². The third-order valence-corrected chi connectivity index (χ3v) is 5.49. The van der Waals surface area contributed by atoms with Crippen LogP contribution >= 0.6 is 0 Å². The molecular formula is C23H22N2O3. The summed E-state index contributed by atoms with van der Waals surface area (Å²) in [5.41, 5.74) is 3.51. The minimum atomic E-state index is -0.342. The van der Waals surface area contributed by atoms with Crippen LogP contribution in [0, 0.1) is 18.8 Å². The maximum Gasteiger partial charge on any atom is 0.257 e. The number of amides is 3. The van der Waals surface area contributed by atoms with Crippen molar-refractivity contribution < 1.29 is 14.4 Å². The van der Waals surface area contributed by atoms with E-state index in [9.17, 15) is 14.4 Å². The van der Waals surface area contributed by atoms with E-state index in [1.165, 1.54) is 4.90 Å². The Balaban J connectivity index is 1.66. The molecule has 5 nitrogen and oxygen atoms in total. The topological polar surface area (TPSA) is 66.5 Å². The van der Waals surface area contributed by atoms with E-state index in [-0.39, 0.29) is 29.6 Å². The van der Waals surface area contributed by atoms with Gasteiger partial charge in [0.2, 0.25) is 11.8 Å². The Morgan fingerprint density at radius 2 is 1.75 bits per heavy atom. The highest BCUT2D eigenvalue weighted by Gasteiger charge is 2.49. The van der Waals surface area contributed by atoms with Gasteiger partial charge in [0.25, 0.3) is 5.91 Å². The van der Waals surface area contributed by atoms with Crippen LogP contribution < -0.4 is 10.2 Å². The van der Waals surface area contributed by atoms with Gasteiger partial charge in [-0.2, -0.15) is 0 Å². The summed E-state index contributed by atoms with van der Waals surface area (Å²) in [4.78, 5) is 40.1. The Morgan fingerprint density at radius 1 is 1.00 bits per heavy atom. The summed E-state index contributed by atoms with van der Waals surface area (Å²) < 4.78 is 0. The number of rotatable bonds is 3. The molecule has 5 heteroatoms. The highest BCUT2D eigenvalue weighted by atomic mass is 16.2. The normalized spacial score (nSPS) is 21.4. The Bertz CT molecular complexity index is 1010. The van der Waals surface area contributed by atoms with Crippen molar-refractivity contribution in [3.63, 3.8) is 0 Å². The Morgan fingerprint density at radius 3 is 2.54 bits per heavy atom. The minimum absolute atomic E-state index is 0.210. The number of carbonyl (C=O) groups excluding carboxylic acids is 3. The number of carbonyl (C=O) groups is 3. The molecule has 2 aliphatic rings. The fraction of sp³-hybridized carbons (Fsp3) is 0.261. The third-order valence-electron chi connectivity index (χ3n) is 5.49. The highest BCUT2D eigenvalue weighted by Crippen LogP contribution is 2.40. The lowest BCUT2D eigenvalue weighted by atomic mass is 9.82.